The predicted molar refractivity (Wildman–Crippen MR) is 93.4 cm³/mol. The van der Waals surface area contributed by atoms with Crippen LogP contribution in [0.1, 0.15) is 31.5 Å². The van der Waals surface area contributed by atoms with Gasteiger partial charge in [-0.15, -0.1) is 11.3 Å². The second kappa shape index (κ2) is 7.83. The summed E-state index contributed by atoms with van der Waals surface area (Å²) in [7, 11) is 0. The van der Waals surface area contributed by atoms with Gasteiger partial charge in [-0.1, -0.05) is 13.3 Å². The van der Waals surface area contributed by atoms with E-state index in [1.807, 2.05) is 34.5 Å². The largest absolute Gasteiger partial charge is 0.349 e. The Balaban J connectivity index is 1.63. The van der Waals surface area contributed by atoms with Gasteiger partial charge in [-0.2, -0.15) is 0 Å². The smallest absolute Gasteiger partial charge is 0.243 e. The van der Waals surface area contributed by atoms with Crippen LogP contribution < -0.4 is 5.32 Å². The molecule has 6 nitrogen and oxygen atoms in total. The maximum absolute atomic E-state index is 12.5. The zero-order valence-corrected chi connectivity index (χ0v) is 14.2. The molecule has 0 aliphatic carbocycles. The van der Waals surface area contributed by atoms with Crippen molar-refractivity contribution in [2.45, 2.75) is 32.4 Å². The van der Waals surface area contributed by atoms with E-state index in [9.17, 15) is 4.79 Å². The lowest BCUT2D eigenvalue weighted by molar-refractivity contribution is -0.124. The van der Waals surface area contributed by atoms with E-state index in [2.05, 4.69) is 27.2 Å². The van der Waals surface area contributed by atoms with Crippen molar-refractivity contribution in [2.24, 2.45) is 0 Å². The van der Waals surface area contributed by atoms with Crippen LogP contribution in [0.25, 0.3) is 10.7 Å². The zero-order valence-electron chi connectivity index (χ0n) is 13.4. The number of nitrogens with zero attached hydrogens (tertiary/aromatic N) is 4. The van der Waals surface area contributed by atoms with Gasteiger partial charge in [-0.05, 0) is 18.6 Å². The lowest BCUT2D eigenvalue weighted by atomic mass is 10.1. The molecule has 0 radical (unpaired) electrons. The van der Waals surface area contributed by atoms with Crippen LogP contribution in [0.15, 0.2) is 48.5 Å². The second-order valence-electron chi connectivity index (χ2n) is 5.39. The van der Waals surface area contributed by atoms with Crippen molar-refractivity contribution in [3.8, 4) is 10.7 Å². The molecule has 124 valence electrons. The summed E-state index contributed by atoms with van der Waals surface area (Å²) in [6, 6.07) is 3.69. The second-order valence-corrected chi connectivity index (χ2v) is 6.25. The third kappa shape index (κ3) is 3.86. The minimum atomic E-state index is -0.178. The highest BCUT2D eigenvalue weighted by Gasteiger charge is 2.18. The molecule has 3 heterocycles. The summed E-state index contributed by atoms with van der Waals surface area (Å²) >= 11 is 1.50. The van der Waals surface area contributed by atoms with Crippen molar-refractivity contribution in [1.82, 2.24) is 24.8 Å². The van der Waals surface area contributed by atoms with Gasteiger partial charge in [-0.3, -0.25) is 14.8 Å². The SMILES string of the molecule is CCCC(C(=O)NCc1csc(-c2cnccn2)n1)n1cccc1. The Morgan fingerprint density at radius 2 is 2.17 bits per heavy atom. The average Bonchev–Trinajstić information content (AvgIpc) is 3.30. The normalized spacial score (nSPS) is 12.0. The van der Waals surface area contributed by atoms with E-state index in [-0.39, 0.29) is 11.9 Å². The molecule has 1 N–H and O–H groups in total. The van der Waals surface area contributed by atoms with Crippen molar-refractivity contribution >= 4 is 17.2 Å². The van der Waals surface area contributed by atoms with E-state index in [1.54, 1.807) is 18.6 Å². The molecular formula is C17H19N5OS. The van der Waals surface area contributed by atoms with Crippen molar-refractivity contribution in [2.75, 3.05) is 0 Å². The molecule has 7 heteroatoms. The molecule has 1 amide bonds. The number of rotatable bonds is 7. The van der Waals surface area contributed by atoms with Crippen LogP contribution in [0.2, 0.25) is 0 Å². The molecular weight excluding hydrogens is 322 g/mol. The van der Waals surface area contributed by atoms with Gasteiger partial charge in [0.25, 0.3) is 0 Å². The number of nitrogens with one attached hydrogen (secondary N) is 1. The van der Waals surface area contributed by atoms with Crippen LogP contribution >= 0.6 is 11.3 Å². The molecule has 0 fully saturated rings. The highest BCUT2D eigenvalue weighted by atomic mass is 32.1. The predicted octanol–water partition coefficient (Wildman–Crippen LogP) is 3.06. The number of hydrogen-bond acceptors (Lipinski definition) is 5. The number of thiazole rings is 1. The molecule has 0 bridgehead atoms. The highest BCUT2D eigenvalue weighted by Crippen LogP contribution is 2.21. The summed E-state index contributed by atoms with van der Waals surface area (Å²) in [6.07, 6.45) is 10.6. The fourth-order valence-electron chi connectivity index (χ4n) is 2.46. The number of carbonyl (C=O) groups is 1. The van der Waals surface area contributed by atoms with Crippen molar-refractivity contribution in [1.29, 1.82) is 0 Å². The van der Waals surface area contributed by atoms with E-state index in [0.717, 1.165) is 29.2 Å². The lowest BCUT2D eigenvalue weighted by Gasteiger charge is -2.17. The molecule has 3 aromatic heterocycles. The molecule has 3 rings (SSSR count). The van der Waals surface area contributed by atoms with E-state index >= 15 is 0 Å². The molecule has 0 aliphatic rings. The van der Waals surface area contributed by atoms with E-state index in [0.29, 0.717) is 6.54 Å². The number of carbonyl (C=O) groups excluding carboxylic acids is 1. The van der Waals surface area contributed by atoms with Gasteiger partial charge in [0, 0.05) is 30.2 Å². The fourth-order valence-corrected chi connectivity index (χ4v) is 3.24. The maximum atomic E-state index is 12.5. The first-order chi connectivity index (χ1) is 11.8. The molecule has 0 saturated carbocycles. The summed E-state index contributed by atoms with van der Waals surface area (Å²) in [6.45, 7) is 2.49. The number of aromatic nitrogens is 4. The summed E-state index contributed by atoms with van der Waals surface area (Å²) in [5, 5.41) is 5.73. The first-order valence-corrected chi connectivity index (χ1v) is 8.77. The molecule has 0 aliphatic heterocycles. The van der Waals surface area contributed by atoms with E-state index < -0.39 is 0 Å². The van der Waals surface area contributed by atoms with Gasteiger partial charge in [0.05, 0.1) is 18.4 Å². The lowest BCUT2D eigenvalue weighted by Crippen LogP contribution is -2.31. The number of hydrogen-bond donors (Lipinski definition) is 1. The summed E-state index contributed by atoms with van der Waals surface area (Å²) < 4.78 is 1.95. The molecule has 3 aromatic rings. The van der Waals surface area contributed by atoms with Crippen LogP contribution in [0, 0.1) is 0 Å². The number of amides is 1. The fraction of sp³-hybridized carbons (Fsp3) is 0.294. The Morgan fingerprint density at radius 3 is 2.88 bits per heavy atom. The Kier molecular flexibility index (Phi) is 5.32. The van der Waals surface area contributed by atoms with Gasteiger partial charge in [0.2, 0.25) is 5.91 Å². The monoisotopic (exact) mass is 341 g/mol. The molecule has 0 spiro atoms. The van der Waals surface area contributed by atoms with Crippen LogP contribution in [0.3, 0.4) is 0 Å². The van der Waals surface area contributed by atoms with Crippen LogP contribution in [0.5, 0.6) is 0 Å². The Labute approximate surface area is 144 Å². The minimum Gasteiger partial charge on any atom is -0.349 e. The Hall–Kier alpha value is -2.54. The van der Waals surface area contributed by atoms with Crippen molar-refractivity contribution in [3.63, 3.8) is 0 Å². The quantitative estimate of drug-likeness (QED) is 0.717. The van der Waals surface area contributed by atoms with Crippen LogP contribution in [-0.4, -0.2) is 25.4 Å². The van der Waals surface area contributed by atoms with Crippen LogP contribution in [0.4, 0.5) is 0 Å². The molecule has 1 unspecified atom stereocenters. The van der Waals surface area contributed by atoms with Gasteiger partial charge in [-0.25, -0.2) is 4.98 Å². The van der Waals surface area contributed by atoms with Gasteiger partial charge < -0.3 is 9.88 Å². The average molecular weight is 341 g/mol. The third-order valence-corrected chi connectivity index (χ3v) is 4.54. The molecule has 1 atom stereocenters. The highest BCUT2D eigenvalue weighted by molar-refractivity contribution is 7.13. The summed E-state index contributed by atoms with van der Waals surface area (Å²) in [5.74, 6) is 0.0158. The molecule has 0 saturated heterocycles. The summed E-state index contributed by atoms with van der Waals surface area (Å²) in [5.41, 5.74) is 1.58. The molecule has 24 heavy (non-hydrogen) atoms. The van der Waals surface area contributed by atoms with E-state index in [4.69, 9.17) is 0 Å². The van der Waals surface area contributed by atoms with Crippen molar-refractivity contribution in [3.05, 3.63) is 54.2 Å². The maximum Gasteiger partial charge on any atom is 0.243 e. The Bertz CT molecular complexity index is 769. The van der Waals surface area contributed by atoms with Gasteiger partial charge in [0.15, 0.2) is 0 Å². The topological polar surface area (TPSA) is 72.7 Å². The van der Waals surface area contributed by atoms with E-state index in [1.165, 1.54) is 11.3 Å². The standard InChI is InChI=1S/C17H19N5OS/c1-2-5-15(22-8-3-4-9-22)16(23)20-10-13-12-24-17(21-13)14-11-18-6-7-19-14/h3-4,6-9,11-12,15H,2,5,10H2,1H3,(H,20,23). The third-order valence-electron chi connectivity index (χ3n) is 3.63. The molecule has 0 aromatic carbocycles. The zero-order chi connectivity index (χ0) is 16.8. The first-order valence-electron chi connectivity index (χ1n) is 7.89. The first kappa shape index (κ1) is 16.3. The Morgan fingerprint density at radius 1 is 1.33 bits per heavy atom. The minimum absolute atomic E-state index is 0.0158. The summed E-state index contributed by atoms with van der Waals surface area (Å²) in [4.78, 5) is 25.3. The van der Waals surface area contributed by atoms with Gasteiger partial charge in [0.1, 0.15) is 16.7 Å². The van der Waals surface area contributed by atoms with Crippen molar-refractivity contribution < 1.29 is 4.79 Å². The van der Waals surface area contributed by atoms with Crippen LogP contribution in [-0.2, 0) is 11.3 Å². The van der Waals surface area contributed by atoms with Gasteiger partial charge >= 0.3 is 0 Å².